The predicted octanol–water partition coefficient (Wildman–Crippen LogP) is 1.00. The molecule has 6 nitrogen and oxygen atoms in total. The largest absolute Gasteiger partial charge is 0.394 e. The fourth-order valence-corrected chi connectivity index (χ4v) is 2.09. The average Bonchev–Trinajstić information content (AvgIpc) is 2.52. The van der Waals surface area contributed by atoms with Gasteiger partial charge in [0, 0.05) is 12.6 Å². The summed E-state index contributed by atoms with van der Waals surface area (Å²) in [5.74, 6) is 0. The minimum Gasteiger partial charge on any atom is -0.394 e. The zero-order valence-electron chi connectivity index (χ0n) is 11.4. The van der Waals surface area contributed by atoms with E-state index in [1.54, 1.807) is 0 Å². The second-order valence-corrected chi connectivity index (χ2v) is 4.90. The summed E-state index contributed by atoms with van der Waals surface area (Å²) in [7, 11) is 0. The quantitative estimate of drug-likeness (QED) is 0.740. The molecule has 0 fully saturated rings. The summed E-state index contributed by atoms with van der Waals surface area (Å²) in [5.41, 5.74) is 7.05. The highest BCUT2D eigenvalue weighted by molar-refractivity contribution is 6.32. The van der Waals surface area contributed by atoms with Crippen molar-refractivity contribution in [3.05, 3.63) is 57.5 Å². The molecule has 7 heteroatoms. The molecule has 0 aliphatic carbocycles. The number of aromatic nitrogens is 2. The van der Waals surface area contributed by atoms with Crippen molar-refractivity contribution in [2.75, 3.05) is 18.5 Å². The molecule has 1 heterocycles. The molecular weight excluding hydrogens is 292 g/mol. The van der Waals surface area contributed by atoms with Gasteiger partial charge in [0.05, 0.1) is 25.0 Å². The van der Waals surface area contributed by atoms with E-state index in [4.69, 9.17) is 22.4 Å². The maximum atomic E-state index is 11.9. The van der Waals surface area contributed by atoms with E-state index in [-0.39, 0.29) is 24.2 Å². The van der Waals surface area contributed by atoms with Gasteiger partial charge in [-0.05, 0) is 5.56 Å². The van der Waals surface area contributed by atoms with E-state index in [9.17, 15) is 4.79 Å². The van der Waals surface area contributed by atoms with Crippen LogP contribution in [0.1, 0.15) is 11.6 Å². The van der Waals surface area contributed by atoms with E-state index in [1.165, 1.54) is 6.20 Å². The van der Waals surface area contributed by atoms with Crippen LogP contribution in [-0.2, 0) is 6.54 Å². The Morgan fingerprint density at radius 1 is 1.38 bits per heavy atom. The first-order valence-electron chi connectivity index (χ1n) is 6.54. The van der Waals surface area contributed by atoms with Crippen LogP contribution >= 0.6 is 11.6 Å². The number of hydrogen-bond donors (Lipinski definition) is 3. The number of nitrogens with zero attached hydrogens (tertiary/aromatic N) is 2. The van der Waals surface area contributed by atoms with Crippen LogP contribution in [0, 0.1) is 0 Å². The lowest BCUT2D eigenvalue weighted by molar-refractivity contribution is 0.266. The Balaban J connectivity index is 2.07. The third kappa shape index (κ3) is 3.81. The number of halogens is 1. The van der Waals surface area contributed by atoms with E-state index < -0.39 is 5.56 Å². The molecular formula is C14H17ClN4O2. The van der Waals surface area contributed by atoms with Crippen molar-refractivity contribution in [3.63, 3.8) is 0 Å². The SMILES string of the molecule is NC(CNc1cnn(CCO)c(=O)c1Cl)c1ccccc1. The van der Waals surface area contributed by atoms with Gasteiger partial charge in [-0.3, -0.25) is 4.79 Å². The highest BCUT2D eigenvalue weighted by Crippen LogP contribution is 2.17. The Bertz CT molecular complexity index is 645. The van der Waals surface area contributed by atoms with Crippen molar-refractivity contribution in [1.29, 1.82) is 0 Å². The Morgan fingerprint density at radius 2 is 2.10 bits per heavy atom. The van der Waals surface area contributed by atoms with Crippen molar-refractivity contribution in [3.8, 4) is 0 Å². The van der Waals surface area contributed by atoms with Gasteiger partial charge in [0.2, 0.25) is 0 Å². The third-order valence-corrected chi connectivity index (χ3v) is 3.40. The summed E-state index contributed by atoms with van der Waals surface area (Å²) in [6, 6.07) is 9.41. The smallest absolute Gasteiger partial charge is 0.287 e. The number of aliphatic hydroxyl groups is 1. The average molecular weight is 309 g/mol. The molecule has 1 aromatic heterocycles. The van der Waals surface area contributed by atoms with Gasteiger partial charge in [0.25, 0.3) is 5.56 Å². The Morgan fingerprint density at radius 3 is 2.76 bits per heavy atom. The fraction of sp³-hybridized carbons (Fsp3) is 0.286. The number of nitrogens with one attached hydrogen (secondary N) is 1. The monoisotopic (exact) mass is 308 g/mol. The van der Waals surface area contributed by atoms with Crippen LogP contribution in [0.3, 0.4) is 0 Å². The summed E-state index contributed by atoms with van der Waals surface area (Å²) in [5, 5.41) is 15.8. The van der Waals surface area contributed by atoms with Crippen LogP contribution in [0.25, 0.3) is 0 Å². The molecule has 1 unspecified atom stereocenters. The predicted molar refractivity (Wildman–Crippen MR) is 82.5 cm³/mol. The van der Waals surface area contributed by atoms with Gasteiger partial charge in [-0.2, -0.15) is 5.10 Å². The second kappa shape index (κ2) is 7.21. The van der Waals surface area contributed by atoms with E-state index in [0.717, 1.165) is 10.2 Å². The first-order chi connectivity index (χ1) is 10.1. The lowest BCUT2D eigenvalue weighted by atomic mass is 10.1. The van der Waals surface area contributed by atoms with Gasteiger partial charge in [-0.15, -0.1) is 0 Å². The summed E-state index contributed by atoms with van der Waals surface area (Å²) in [6.45, 7) is 0.367. The molecule has 2 aromatic rings. The summed E-state index contributed by atoms with van der Waals surface area (Å²) < 4.78 is 1.12. The number of nitrogens with two attached hydrogens (primary N) is 1. The van der Waals surface area contributed by atoms with Crippen molar-refractivity contribution >= 4 is 17.3 Å². The lowest BCUT2D eigenvalue weighted by Crippen LogP contribution is -2.27. The first kappa shape index (κ1) is 15.5. The molecule has 2 rings (SSSR count). The zero-order valence-corrected chi connectivity index (χ0v) is 12.1. The highest BCUT2D eigenvalue weighted by Gasteiger charge is 2.11. The molecule has 0 aliphatic rings. The molecule has 4 N–H and O–H groups in total. The van der Waals surface area contributed by atoms with Crippen molar-refractivity contribution in [2.45, 2.75) is 12.6 Å². The van der Waals surface area contributed by atoms with E-state index in [2.05, 4.69) is 10.4 Å². The molecule has 0 spiro atoms. The number of aliphatic hydroxyl groups excluding tert-OH is 1. The van der Waals surface area contributed by atoms with Crippen molar-refractivity contribution < 1.29 is 5.11 Å². The van der Waals surface area contributed by atoms with Gasteiger partial charge < -0.3 is 16.2 Å². The number of hydrogen-bond acceptors (Lipinski definition) is 5. The summed E-state index contributed by atoms with van der Waals surface area (Å²) in [4.78, 5) is 11.9. The molecule has 0 saturated carbocycles. The standard InChI is InChI=1S/C14H17ClN4O2/c15-13-12(9-18-19(6-7-20)14(13)21)17-8-11(16)10-4-2-1-3-5-10/h1-5,9,11,17,20H,6-8,16H2. The Hall–Kier alpha value is -1.89. The third-order valence-electron chi connectivity index (χ3n) is 3.04. The van der Waals surface area contributed by atoms with Crippen LogP contribution in [0.5, 0.6) is 0 Å². The van der Waals surface area contributed by atoms with Crippen LogP contribution in [0.2, 0.25) is 5.02 Å². The molecule has 0 saturated heterocycles. The van der Waals surface area contributed by atoms with Crippen molar-refractivity contribution in [1.82, 2.24) is 9.78 Å². The number of benzene rings is 1. The molecule has 0 amide bonds. The Kier molecular flexibility index (Phi) is 5.32. The van der Waals surface area contributed by atoms with Gasteiger partial charge in [-0.1, -0.05) is 41.9 Å². The van der Waals surface area contributed by atoms with E-state index in [0.29, 0.717) is 12.2 Å². The van der Waals surface area contributed by atoms with Gasteiger partial charge in [-0.25, -0.2) is 4.68 Å². The van der Waals surface area contributed by atoms with Crippen LogP contribution in [0.4, 0.5) is 5.69 Å². The van der Waals surface area contributed by atoms with Crippen LogP contribution in [-0.4, -0.2) is 28.0 Å². The van der Waals surface area contributed by atoms with Gasteiger partial charge in [0.15, 0.2) is 0 Å². The first-order valence-corrected chi connectivity index (χ1v) is 6.92. The normalized spacial score (nSPS) is 12.1. The zero-order chi connectivity index (χ0) is 15.2. The topological polar surface area (TPSA) is 93.2 Å². The number of anilines is 1. The maximum Gasteiger partial charge on any atom is 0.287 e. The summed E-state index contributed by atoms with van der Waals surface area (Å²) >= 11 is 6.01. The minimum atomic E-state index is -0.441. The van der Waals surface area contributed by atoms with Gasteiger partial charge >= 0.3 is 0 Å². The summed E-state index contributed by atoms with van der Waals surface area (Å²) in [6.07, 6.45) is 1.46. The molecule has 0 radical (unpaired) electrons. The highest BCUT2D eigenvalue weighted by atomic mass is 35.5. The molecule has 21 heavy (non-hydrogen) atoms. The van der Waals surface area contributed by atoms with Gasteiger partial charge in [0.1, 0.15) is 5.02 Å². The van der Waals surface area contributed by atoms with Crippen LogP contribution in [0.15, 0.2) is 41.3 Å². The minimum absolute atomic E-state index is 0.0405. The number of rotatable bonds is 6. The van der Waals surface area contributed by atoms with E-state index in [1.807, 2.05) is 30.3 Å². The Labute approximate surface area is 127 Å². The molecule has 1 aromatic carbocycles. The van der Waals surface area contributed by atoms with E-state index >= 15 is 0 Å². The molecule has 1 atom stereocenters. The lowest BCUT2D eigenvalue weighted by Gasteiger charge is -2.15. The molecule has 0 bridgehead atoms. The fourth-order valence-electron chi connectivity index (χ4n) is 1.88. The van der Waals surface area contributed by atoms with Crippen LogP contribution < -0.4 is 16.6 Å². The maximum absolute atomic E-state index is 11.9. The second-order valence-electron chi connectivity index (χ2n) is 4.52. The molecule has 112 valence electrons. The molecule has 0 aliphatic heterocycles. The van der Waals surface area contributed by atoms with Crippen molar-refractivity contribution in [2.24, 2.45) is 5.73 Å².